The molecule has 5 rings (SSSR count). The van der Waals surface area contributed by atoms with Crippen molar-refractivity contribution in [3.05, 3.63) is 114 Å². The van der Waals surface area contributed by atoms with E-state index in [0.717, 1.165) is 48.3 Å². The van der Waals surface area contributed by atoms with Gasteiger partial charge in [-0.05, 0) is 98.8 Å². The van der Waals surface area contributed by atoms with Crippen LogP contribution in [-0.2, 0) is 15.8 Å². The SMILES string of the molecule is CC(C)(C)OC(=O)c1ccc(-c2ccccc2)cc1NC(=O)c1cc(N2CCC(O[Si](C)(C)C(C)(C)C)CC2)ccc1OCc1ccccc1. The van der Waals surface area contributed by atoms with Crippen molar-refractivity contribution < 1.29 is 23.5 Å². The fraction of sp³-hybridized carbons (Fsp3) is 0.381. The van der Waals surface area contributed by atoms with Gasteiger partial charge in [-0.15, -0.1) is 0 Å². The van der Waals surface area contributed by atoms with Crippen LogP contribution in [0.5, 0.6) is 5.75 Å². The molecule has 4 aromatic rings. The third-order valence-corrected chi connectivity index (χ3v) is 14.0. The number of esters is 1. The van der Waals surface area contributed by atoms with Gasteiger partial charge in [-0.1, -0.05) is 87.5 Å². The highest BCUT2D eigenvalue weighted by molar-refractivity contribution is 6.74. The van der Waals surface area contributed by atoms with Crippen LogP contribution in [0.2, 0.25) is 18.1 Å². The molecule has 4 aromatic carbocycles. The average molecular weight is 693 g/mol. The van der Waals surface area contributed by atoms with Gasteiger partial charge in [-0.2, -0.15) is 0 Å². The highest BCUT2D eigenvalue weighted by Crippen LogP contribution is 2.39. The Morgan fingerprint density at radius 3 is 2.04 bits per heavy atom. The van der Waals surface area contributed by atoms with E-state index in [1.807, 2.05) is 112 Å². The predicted molar refractivity (Wildman–Crippen MR) is 206 cm³/mol. The molecule has 1 saturated heterocycles. The zero-order valence-electron chi connectivity index (χ0n) is 30.8. The number of carbonyl (C=O) groups is 2. The Hall–Kier alpha value is -4.40. The molecule has 0 aromatic heterocycles. The summed E-state index contributed by atoms with van der Waals surface area (Å²) in [4.78, 5) is 30.0. The lowest BCUT2D eigenvalue weighted by Gasteiger charge is -2.42. The summed E-state index contributed by atoms with van der Waals surface area (Å²) in [5.74, 6) is -0.421. The minimum Gasteiger partial charge on any atom is -0.488 e. The van der Waals surface area contributed by atoms with Crippen LogP contribution in [0.25, 0.3) is 11.1 Å². The van der Waals surface area contributed by atoms with Gasteiger partial charge in [0.05, 0.1) is 16.8 Å². The number of carbonyl (C=O) groups excluding carboxylic acids is 2. The molecule has 264 valence electrons. The molecule has 1 N–H and O–H groups in total. The standard InChI is InChI=1S/C42H52N2O5Si/c1-41(2,3)48-40(46)35-21-19-32(31-17-13-10-14-18-31)27-37(35)43-39(45)36-28-33(20-22-38(36)47-29-30-15-11-9-12-16-30)44-25-23-34(24-26-44)49-50(7,8)42(4,5)6/h9-22,27-28,34H,23-26,29H2,1-8H3,(H,43,45). The summed E-state index contributed by atoms with van der Waals surface area (Å²) < 4.78 is 18.8. The highest BCUT2D eigenvalue weighted by Gasteiger charge is 2.39. The zero-order chi connectivity index (χ0) is 36.1. The zero-order valence-corrected chi connectivity index (χ0v) is 31.8. The minimum absolute atomic E-state index is 0.159. The van der Waals surface area contributed by atoms with Crippen molar-refractivity contribution >= 4 is 31.6 Å². The Labute approximate surface area is 299 Å². The van der Waals surface area contributed by atoms with Crippen molar-refractivity contribution in [1.82, 2.24) is 0 Å². The molecule has 8 heteroatoms. The van der Waals surface area contributed by atoms with Gasteiger partial charge in [-0.25, -0.2) is 4.79 Å². The first-order valence-corrected chi connectivity index (χ1v) is 20.5. The van der Waals surface area contributed by atoms with Gasteiger partial charge in [0.25, 0.3) is 5.91 Å². The fourth-order valence-corrected chi connectivity index (χ4v) is 7.16. The predicted octanol–water partition coefficient (Wildman–Crippen LogP) is 10.1. The van der Waals surface area contributed by atoms with Crippen LogP contribution in [0.3, 0.4) is 0 Å². The molecule has 1 fully saturated rings. The van der Waals surface area contributed by atoms with Crippen LogP contribution in [-0.4, -0.2) is 45.0 Å². The molecule has 0 saturated carbocycles. The molecule has 0 aliphatic carbocycles. The summed E-state index contributed by atoms with van der Waals surface area (Å²) in [6.07, 6.45) is 2.07. The van der Waals surface area contributed by atoms with Crippen LogP contribution in [0, 0.1) is 0 Å². The average Bonchev–Trinajstić information content (AvgIpc) is 3.07. The smallest absolute Gasteiger partial charge is 0.340 e. The number of rotatable bonds is 10. The van der Waals surface area contributed by atoms with Crippen molar-refractivity contribution in [2.24, 2.45) is 0 Å². The number of ether oxygens (including phenoxy) is 2. The maximum Gasteiger partial charge on any atom is 0.340 e. The number of hydrogen-bond donors (Lipinski definition) is 1. The fourth-order valence-electron chi connectivity index (χ4n) is 5.74. The van der Waals surface area contributed by atoms with E-state index in [1.165, 1.54) is 0 Å². The third-order valence-electron chi connectivity index (χ3n) is 9.51. The quantitative estimate of drug-likeness (QED) is 0.132. The number of amides is 1. The summed E-state index contributed by atoms with van der Waals surface area (Å²) in [6, 6.07) is 30.9. The molecule has 0 unspecified atom stereocenters. The molecule has 0 atom stereocenters. The van der Waals surface area contributed by atoms with E-state index < -0.39 is 19.9 Å². The maximum atomic E-state index is 14.3. The first-order chi connectivity index (χ1) is 23.6. The van der Waals surface area contributed by atoms with Crippen molar-refractivity contribution in [3.63, 3.8) is 0 Å². The van der Waals surface area contributed by atoms with Crippen molar-refractivity contribution in [2.75, 3.05) is 23.3 Å². The normalized spacial score (nSPS) is 14.3. The monoisotopic (exact) mass is 692 g/mol. The molecule has 50 heavy (non-hydrogen) atoms. The molecule has 1 amide bonds. The number of hydrogen-bond acceptors (Lipinski definition) is 6. The molecule has 0 spiro atoms. The van der Waals surface area contributed by atoms with Gasteiger partial charge in [0.1, 0.15) is 18.0 Å². The first-order valence-electron chi connectivity index (χ1n) is 17.6. The second-order valence-corrected chi connectivity index (χ2v) is 20.4. The number of anilines is 2. The van der Waals surface area contributed by atoms with Gasteiger partial charge in [0.2, 0.25) is 0 Å². The second kappa shape index (κ2) is 15.2. The van der Waals surface area contributed by atoms with Crippen molar-refractivity contribution in [3.8, 4) is 16.9 Å². The van der Waals surface area contributed by atoms with Gasteiger partial charge in [-0.3, -0.25) is 4.79 Å². The molecule has 1 aliphatic heterocycles. The lowest BCUT2D eigenvalue weighted by molar-refractivity contribution is 0.00707. The number of nitrogens with zero attached hydrogens (tertiary/aromatic N) is 1. The van der Waals surface area contributed by atoms with E-state index in [0.29, 0.717) is 23.6 Å². The van der Waals surface area contributed by atoms with Crippen LogP contribution in [0.15, 0.2) is 97.1 Å². The summed E-state index contributed by atoms with van der Waals surface area (Å²) in [6.45, 7) is 18.9. The first kappa shape index (κ1) is 36.9. The van der Waals surface area contributed by atoms with E-state index in [4.69, 9.17) is 13.9 Å². The Morgan fingerprint density at radius 2 is 1.42 bits per heavy atom. The Balaban J connectivity index is 1.44. The van der Waals surface area contributed by atoms with Crippen molar-refractivity contribution in [2.45, 2.75) is 90.8 Å². The lowest BCUT2D eigenvalue weighted by atomic mass is 10.0. The molecular formula is C42H52N2O5Si. The van der Waals surface area contributed by atoms with Crippen LogP contribution < -0.4 is 15.0 Å². The summed E-state index contributed by atoms with van der Waals surface area (Å²) in [5.41, 5.74) is 4.10. The van der Waals surface area contributed by atoms with Gasteiger partial charge in [0.15, 0.2) is 8.32 Å². The van der Waals surface area contributed by atoms with E-state index in [2.05, 4.69) is 44.1 Å². The van der Waals surface area contributed by atoms with E-state index in [-0.39, 0.29) is 22.6 Å². The van der Waals surface area contributed by atoms with Gasteiger partial charge in [0, 0.05) is 24.9 Å². The molecule has 1 aliphatic rings. The largest absolute Gasteiger partial charge is 0.488 e. The Morgan fingerprint density at radius 1 is 0.780 bits per heavy atom. The number of nitrogens with one attached hydrogen (secondary N) is 1. The Bertz CT molecular complexity index is 1770. The van der Waals surface area contributed by atoms with Gasteiger partial charge < -0.3 is 24.1 Å². The molecule has 0 bridgehead atoms. The van der Waals surface area contributed by atoms with E-state index in [9.17, 15) is 9.59 Å². The van der Waals surface area contributed by atoms with E-state index >= 15 is 0 Å². The lowest BCUT2D eigenvalue weighted by Crippen LogP contribution is -2.47. The highest BCUT2D eigenvalue weighted by atomic mass is 28.4. The molecular weight excluding hydrogens is 641 g/mol. The summed E-state index contributed by atoms with van der Waals surface area (Å²) in [7, 11) is -1.87. The second-order valence-electron chi connectivity index (χ2n) is 15.6. The van der Waals surface area contributed by atoms with Crippen LogP contribution in [0.1, 0.15) is 80.7 Å². The maximum absolute atomic E-state index is 14.3. The van der Waals surface area contributed by atoms with Crippen LogP contribution in [0.4, 0.5) is 11.4 Å². The number of benzene rings is 4. The molecule has 7 nitrogen and oxygen atoms in total. The minimum atomic E-state index is -1.87. The summed E-state index contributed by atoms with van der Waals surface area (Å²) in [5, 5.41) is 3.22. The van der Waals surface area contributed by atoms with E-state index in [1.54, 1.807) is 6.07 Å². The van der Waals surface area contributed by atoms with Crippen LogP contribution >= 0.6 is 0 Å². The number of piperidine rings is 1. The Kier molecular flexibility index (Phi) is 11.2. The topological polar surface area (TPSA) is 77.1 Å². The van der Waals surface area contributed by atoms with Gasteiger partial charge >= 0.3 is 5.97 Å². The molecule has 0 radical (unpaired) electrons. The molecule has 1 heterocycles. The third kappa shape index (κ3) is 9.43. The summed E-state index contributed by atoms with van der Waals surface area (Å²) >= 11 is 0. The van der Waals surface area contributed by atoms with Crippen molar-refractivity contribution in [1.29, 1.82) is 0 Å².